The van der Waals surface area contributed by atoms with Crippen LogP contribution in [0.2, 0.25) is 0 Å². The smallest absolute Gasteiger partial charge is 0.233 e. The molecule has 0 unspecified atom stereocenters. The Morgan fingerprint density at radius 1 is 1.32 bits per heavy atom. The molecule has 0 spiro atoms. The highest BCUT2D eigenvalue weighted by Crippen LogP contribution is 2.27. The largest absolute Gasteiger partial charge is 0.288 e. The number of halogens is 1. The molecule has 6 nitrogen and oxygen atoms in total. The van der Waals surface area contributed by atoms with Crippen molar-refractivity contribution in [2.45, 2.75) is 6.92 Å². The molecule has 0 saturated carbocycles. The van der Waals surface area contributed by atoms with Gasteiger partial charge < -0.3 is 0 Å². The van der Waals surface area contributed by atoms with E-state index in [4.69, 9.17) is 0 Å². The first-order valence-electron chi connectivity index (χ1n) is 6.41. The summed E-state index contributed by atoms with van der Waals surface area (Å²) in [6.45, 7) is 1.58. The van der Waals surface area contributed by atoms with E-state index in [9.17, 15) is 17.6 Å². The van der Waals surface area contributed by atoms with E-state index in [1.165, 1.54) is 37.0 Å². The van der Waals surface area contributed by atoms with Crippen molar-refractivity contribution < 1.29 is 17.6 Å². The maximum atomic E-state index is 13.9. The molecule has 1 heterocycles. The summed E-state index contributed by atoms with van der Waals surface area (Å²) in [5, 5.41) is 4.09. The lowest BCUT2D eigenvalue weighted by atomic mass is 10.0. The number of ketones is 1. The number of carbonyl (C=O) groups is 1. The molecule has 0 aliphatic rings. The van der Waals surface area contributed by atoms with Crippen LogP contribution >= 0.6 is 0 Å². The van der Waals surface area contributed by atoms with Gasteiger partial charge >= 0.3 is 0 Å². The predicted molar refractivity (Wildman–Crippen MR) is 81.0 cm³/mol. The van der Waals surface area contributed by atoms with Crippen LogP contribution in [0.25, 0.3) is 0 Å². The van der Waals surface area contributed by atoms with Crippen molar-refractivity contribution in [1.29, 1.82) is 0 Å². The first-order valence-corrected chi connectivity index (χ1v) is 8.26. The molecule has 0 fully saturated rings. The average molecular weight is 325 g/mol. The number of rotatable bonds is 4. The molecule has 8 heteroatoms. The number of aromatic nitrogens is 2. The highest BCUT2D eigenvalue weighted by atomic mass is 32.2. The van der Waals surface area contributed by atoms with Gasteiger partial charge in [0.1, 0.15) is 5.82 Å². The molecule has 2 aromatic rings. The van der Waals surface area contributed by atoms with Crippen molar-refractivity contribution >= 4 is 21.6 Å². The summed E-state index contributed by atoms with van der Waals surface area (Å²) in [6.07, 6.45) is 1.02. The second-order valence-electron chi connectivity index (χ2n) is 4.95. The second-order valence-corrected chi connectivity index (χ2v) is 6.96. The van der Waals surface area contributed by atoms with Crippen LogP contribution in [0.1, 0.15) is 21.6 Å². The molecule has 0 radical (unpaired) electrons. The Labute approximate surface area is 128 Å². The lowest BCUT2D eigenvalue weighted by Gasteiger charge is -2.18. The van der Waals surface area contributed by atoms with E-state index in [0.29, 0.717) is 5.69 Å². The Morgan fingerprint density at radius 2 is 1.91 bits per heavy atom. The lowest BCUT2D eigenvalue weighted by Crippen LogP contribution is -2.28. The first kappa shape index (κ1) is 16.2. The average Bonchev–Trinajstić information content (AvgIpc) is 2.71. The monoisotopic (exact) mass is 325 g/mol. The fraction of sp³-hybridized carbons (Fsp3) is 0.286. The van der Waals surface area contributed by atoms with Gasteiger partial charge in [-0.1, -0.05) is 12.1 Å². The van der Waals surface area contributed by atoms with Crippen LogP contribution in [0.15, 0.2) is 24.3 Å². The zero-order valence-corrected chi connectivity index (χ0v) is 13.5. The zero-order valence-electron chi connectivity index (χ0n) is 12.7. The summed E-state index contributed by atoms with van der Waals surface area (Å²) >= 11 is 0. The van der Waals surface area contributed by atoms with Gasteiger partial charge in [0.25, 0.3) is 0 Å². The van der Waals surface area contributed by atoms with E-state index in [1.54, 1.807) is 13.0 Å². The number of anilines is 1. The first-order chi connectivity index (χ1) is 10.1. The minimum atomic E-state index is -3.59. The summed E-state index contributed by atoms with van der Waals surface area (Å²) < 4.78 is 39.6. The minimum absolute atomic E-state index is 0.0699. The number of carbonyl (C=O) groups excluding carboxylic acids is 1. The number of hydrogen-bond acceptors (Lipinski definition) is 4. The Hall–Kier alpha value is -2.22. The fourth-order valence-corrected chi connectivity index (χ4v) is 2.73. The molecule has 0 atom stereocenters. The molecular weight excluding hydrogens is 309 g/mol. The molecular formula is C14H16FN3O3S. The number of sulfonamides is 1. The van der Waals surface area contributed by atoms with Crippen LogP contribution in [0.3, 0.4) is 0 Å². The molecule has 1 aromatic carbocycles. The second kappa shape index (κ2) is 5.53. The Kier molecular flexibility index (Phi) is 4.06. The van der Waals surface area contributed by atoms with E-state index in [2.05, 4.69) is 5.10 Å². The van der Waals surface area contributed by atoms with Gasteiger partial charge in [0.15, 0.2) is 5.82 Å². The van der Waals surface area contributed by atoms with Gasteiger partial charge in [-0.3, -0.25) is 13.8 Å². The van der Waals surface area contributed by atoms with Gasteiger partial charge in [-0.2, -0.15) is 5.10 Å². The van der Waals surface area contributed by atoms with E-state index >= 15 is 0 Å². The maximum Gasteiger partial charge on any atom is 0.233 e. The van der Waals surface area contributed by atoms with Crippen molar-refractivity contribution in [2.24, 2.45) is 7.05 Å². The molecule has 0 bridgehead atoms. The molecule has 22 heavy (non-hydrogen) atoms. The van der Waals surface area contributed by atoms with Crippen molar-refractivity contribution in [3.05, 3.63) is 46.9 Å². The molecule has 0 N–H and O–H groups in total. The molecule has 2 rings (SSSR count). The van der Waals surface area contributed by atoms with Gasteiger partial charge in [-0.05, 0) is 19.1 Å². The van der Waals surface area contributed by atoms with Crippen LogP contribution < -0.4 is 4.31 Å². The summed E-state index contributed by atoms with van der Waals surface area (Å²) in [5.74, 6) is -1.16. The summed E-state index contributed by atoms with van der Waals surface area (Å²) in [6, 6.07) is 5.56. The highest BCUT2D eigenvalue weighted by molar-refractivity contribution is 7.92. The van der Waals surface area contributed by atoms with Crippen LogP contribution in [-0.2, 0) is 17.1 Å². The van der Waals surface area contributed by atoms with Gasteiger partial charge in [0, 0.05) is 14.1 Å². The number of hydrogen-bond donors (Lipinski definition) is 0. The topological polar surface area (TPSA) is 72.3 Å². The minimum Gasteiger partial charge on any atom is -0.288 e. The molecule has 0 aliphatic heterocycles. The van der Waals surface area contributed by atoms with Crippen LogP contribution in [0, 0.1) is 12.7 Å². The number of aryl methyl sites for hydroxylation is 2. The van der Waals surface area contributed by atoms with Crippen LogP contribution in [-0.4, -0.2) is 37.3 Å². The molecule has 0 saturated heterocycles. The maximum absolute atomic E-state index is 13.9. The van der Waals surface area contributed by atoms with E-state index in [0.717, 1.165) is 10.6 Å². The van der Waals surface area contributed by atoms with Gasteiger partial charge in [-0.25, -0.2) is 12.8 Å². The molecule has 0 amide bonds. The van der Waals surface area contributed by atoms with Gasteiger partial charge in [-0.15, -0.1) is 0 Å². The standard InChI is InChI=1S/C14H16FN3O3S/c1-9-12(13(19)10-7-5-6-8-11(10)15)14(17(2)16-9)18(3)22(4,20)21/h5-8H,1-4H3. The van der Waals surface area contributed by atoms with E-state index < -0.39 is 21.6 Å². The third kappa shape index (κ3) is 2.74. The highest BCUT2D eigenvalue weighted by Gasteiger charge is 2.28. The molecule has 0 aliphatic carbocycles. The zero-order chi connectivity index (χ0) is 16.7. The Morgan fingerprint density at radius 3 is 2.45 bits per heavy atom. The molecule has 1 aromatic heterocycles. The molecule has 118 valence electrons. The predicted octanol–water partition coefficient (Wildman–Crippen LogP) is 1.49. The van der Waals surface area contributed by atoms with Crippen molar-refractivity contribution in [3.63, 3.8) is 0 Å². The Balaban J connectivity index is 2.67. The van der Waals surface area contributed by atoms with Crippen molar-refractivity contribution in [3.8, 4) is 0 Å². The summed E-state index contributed by atoms with van der Waals surface area (Å²) in [5.41, 5.74) is 0.281. The number of benzene rings is 1. The van der Waals surface area contributed by atoms with E-state index in [1.807, 2.05) is 0 Å². The summed E-state index contributed by atoms with van der Waals surface area (Å²) in [4.78, 5) is 12.6. The third-order valence-electron chi connectivity index (χ3n) is 3.33. The van der Waals surface area contributed by atoms with Gasteiger partial charge in [0.05, 0.1) is 23.1 Å². The summed E-state index contributed by atoms with van der Waals surface area (Å²) in [7, 11) is -0.734. The van der Waals surface area contributed by atoms with E-state index in [-0.39, 0.29) is 16.9 Å². The third-order valence-corrected chi connectivity index (χ3v) is 4.50. The number of nitrogens with zero attached hydrogens (tertiary/aromatic N) is 3. The SMILES string of the molecule is Cc1nn(C)c(N(C)S(C)(=O)=O)c1C(=O)c1ccccc1F. The van der Waals surface area contributed by atoms with Gasteiger partial charge in [0.2, 0.25) is 15.8 Å². The Bertz CT molecular complexity index is 843. The normalized spacial score (nSPS) is 11.5. The van der Waals surface area contributed by atoms with Crippen LogP contribution in [0.5, 0.6) is 0 Å². The van der Waals surface area contributed by atoms with Crippen LogP contribution in [0.4, 0.5) is 10.2 Å². The quantitative estimate of drug-likeness (QED) is 0.799. The van der Waals surface area contributed by atoms with Crippen molar-refractivity contribution in [1.82, 2.24) is 9.78 Å². The lowest BCUT2D eigenvalue weighted by molar-refractivity contribution is 0.103. The fourth-order valence-electron chi connectivity index (χ4n) is 2.21. The van der Waals surface area contributed by atoms with Crippen molar-refractivity contribution in [2.75, 3.05) is 17.6 Å².